The van der Waals surface area contributed by atoms with Crippen molar-refractivity contribution in [2.24, 2.45) is 11.7 Å². The van der Waals surface area contributed by atoms with E-state index in [1.165, 1.54) is 19.4 Å². The molecule has 16 heavy (non-hydrogen) atoms. The van der Waals surface area contributed by atoms with Crippen LogP contribution < -0.4 is 5.73 Å². The Kier molecular flexibility index (Phi) is 3.88. The molecule has 0 aromatic heterocycles. The highest BCUT2D eigenvalue weighted by Crippen LogP contribution is 2.35. The van der Waals surface area contributed by atoms with Crippen molar-refractivity contribution in [1.29, 1.82) is 0 Å². The van der Waals surface area contributed by atoms with Crippen LogP contribution >= 0.6 is 0 Å². The van der Waals surface area contributed by atoms with E-state index in [0.717, 1.165) is 38.5 Å². The minimum Gasteiger partial charge on any atom is -0.381 e. The molecule has 3 nitrogen and oxygen atoms in total. The van der Waals surface area contributed by atoms with Gasteiger partial charge < -0.3 is 10.5 Å². The van der Waals surface area contributed by atoms with Crippen LogP contribution in [0.5, 0.6) is 0 Å². The lowest BCUT2D eigenvalue weighted by atomic mass is 9.88. The molecule has 2 aliphatic rings. The van der Waals surface area contributed by atoms with Gasteiger partial charge >= 0.3 is 0 Å². The van der Waals surface area contributed by atoms with E-state index in [9.17, 15) is 0 Å². The quantitative estimate of drug-likeness (QED) is 0.777. The summed E-state index contributed by atoms with van der Waals surface area (Å²) in [7, 11) is 0. The van der Waals surface area contributed by atoms with E-state index in [1.54, 1.807) is 0 Å². The van der Waals surface area contributed by atoms with Crippen molar-refractivity contribution in [2.45, 2.75) is 51.1 Å². The summed E-state index contributed by atoms with van der Waals surface area (Å²) in [5, 5.41) is 0. The van der Waals surface area contributed by atoms with Crippen LogP contribution in [0, 0.1) is 5.92 Å². The van der Waals surface area contributed by atoms with E-state index >= 15 is 0 Å². The maximum Gasteiger partial charge on any atom is 0.0484 e. The van der Waals surface area contributed by atoms with Crippen molar-refractivity contribution in [1.82, 2.24) is 4.90 Å². The van der Waals surface area contributed by atoms with Gasteiger partial charge in [-0.2, -0.15) is 0 Å². The summed E-state index contributed by atoms with van der Waals surface area (Å²) in [6.45, 7) is 8.51. The second-order valence-electron chi connectivity index (χ2n) is 5.74. The van der Waals surface area contributed by atoms with Crippen molar-refractivity contribution in [2.75, 3.05) is 26.3 Å². The van der Waals surface area contributed by atoms with Crippen LogP contribution in [0.1, 0.15) is 39.5 Å². The molecule has 2 N–H and O–H groups in total. The smallest absolute Gasteiger partial charge is 0.0484 e. The average molecular weight is 226 g/mol. The Labute approximate surface area is 99.3 Å². The third-order valence-electron chi connectivity index (χ3n) is 4.42. The second-order valence-corrected chi connectivity index (χ2v) is 5.74. The summed E-state index contributed by atoms with van der Waals surface area (Å²) >= 11 is 0. The molecule has 0 bridgehead atoms. The maximum atomic E-state index is 6.10. The summed E-state index contributed by atoms with van der Waals surface area (Å²) in [4.78, 5) is 2.67. The van der Waals surface area contributed by atoms with Gasteiger partial charge in [-0.15, -0.1) is 0 Å². The Hall–Kier alpha value is -0.120. The number of hydrogen-bond donors (Lipinski definition) is 1. The van der Waals surface area contributed by atoms with E-state index in [0.29, 0.717) is 6.04 Å². The summed E-state index contributed by atoms with van der Waals surface area (Å²) in [5.74, 6) is 0.822. The molecule has 2 saturated heterocycles. The van der Waals surface area contributed by atoms with Gasteiger partial charge in [0.2, 0.25) is 0 Å². The Morgan fingerprint density at radius 2 is 2.12 bits per heavy atom. The molecule has 0 radical (unpaired) electrons. The van der Waals surface area contributed by atoms with Crippen molar-refractivity contribution in [3.63, 3.8) is 0 Å². The van der Waals surface area contributed by atoms with Crippen LogP contribution in [0.2, 0.25) is 0 Å². The molecule has 2 fully saturated rings. The highest BCUT2D eigenvalue weighted by Gasteiger charge is 2.42. The standard InChI is InChI=1S/C13H26N2O/c1-11-8-12(2)15(9-11)13(10-14)4-3-6-16-7-5-13/h11-12H,3-10,14H2,1-2H3. The fraction of sp³-hybridized carbons (Fsp3) is 1.00. The SMILES string of the molecule is CC1CC(C)N(C2(CN)CCCOCC2)C1. The monoisotopic (exact) mass is 226 g/mol. The predicted octanol–water partition coefficient (Wildman–Crippen LogP) is 1.61. The lowest BCUT2D eigenvalue weighted by Crippen LogP contribution is -2.55. The highest BCUT2D eigenvalue weighted by atomic mass is 16.5. The molecule has 94 valence electrons. The van der Waals surface area contributed by atoms with Gasteiger partial charge in [0.25, 0.3) is 0 Å². The fourth-order valence-electron chi connectivity index (χ4n) is 3.56. The lowest BCUT2D eigenvalue weighted by molar-refractivity contribution is 0.0598. The van der Waals surface area contributed by atoms with Crippen LogP contribution in [0.15, 0.2) is 0 Å². The Morgan fingerprint density at radius 3 is 2.75 bits per heavy atom. The van der Waals surface area contributed by atoms with Crippen molar-refractivity contribution >= 4 is 0 Å². The molecule has 0 saturated carbocycles. The maximum absolute atomic E-state index is 6.10. The molecule has 0 aromatic carbocycles. The van der Waals surface area contributed by atoms with Gasteiger partial charge in [0.05, 0.1) is 0 Å². The summed E-state index contributed by atoms with van der Waals surface area (Å²) in [6.07, 6.45) is 4.80. The van der Waals surface area contributed by atoms with Gasteiger partial charge in [-0.25, -0.2) is 0 Å². The molecular weight excluding hydrogens is 200 g/mol. The van der Waals surface area contributed by atoms with Crippen LogP contribution in [0.25, 0.3) is 0 Å². The van der Waals surface area contributed by atoms with Crippen LogP contribution in [0.4, 0.5) is 0 Å². The number of ether oxygens (including phenoxy) is 1. The van der Waals surface area contributed by atoms with Gasteiger partial charge in [-0.05, 0) is 38.5 Å². The van der Waals surface area contributed by atoms with Gasteiger partial charge in [-0.3, -0.25) is 4.90 Å². The van der Waals surface area contributed by atoms with Crippen molar-refractivity contribution in [3.8, 4) is 0 Å². The molecule has 2 heterocycles. The molecule has 2 rings (SSSR count). The molecule has 2 aliphatic heterocycles. The minimum atomic E-state index is 0.223. The zero-order valence-electron chi connectivity index (χ0n) is 10.7. The molecule has 3 unspecified atom stereocenters. The molecule has 0 aliphatic carbocycles. The first kappa shape index (κ1) is 12.3. The van der Waals surface area contributed by atoms with E-state index in [4.69, 9.17) is 10.5 Å². The van der Waals surface area contributed by atoms with E-state index in [1.807, 2.05) is 0 Å². The Bertz CT molecular complexity index is 224. The van der Waals surface area contributed by atoms with Crippen LogP contribution in [0.3, 0.4) is 0 Å². The molecule has 0 spiro atoms. The first-order valence-corrected chi connectivity index (χ1v) is 6.72. The number of rotatable bonds is 2. The Morgan fingerprint density at radius 1 is 1.31 bits per heavy atom. The summed E-state index contributed by atoms with van der Waals surface area (Å²) < 4.78 is 5.59. The first-order chi connectivity index (χ1) is 7.68. The summed E-state index contributed by atoms with van der Waals surface area (Å²) in [6, 6.07) is 0.691. The zero-order valence-corrected chi connectivity index (χ0v) is 10.7. The van der Waals surface area contributed by atoms with Crippen LogP contribution in [-0.4, -0.2) is 42.8 Å². The van der Waals surface area contributed by atoms with Crippen LogP contribution in [-0.2, 0) is 4.74 Å². The first-order valence-electron chi connectivity index (χ1n) is 6.72. The average Bonchev–Trinajstić information content (AvgIpc) is 2.52. The molecule has 0 amide bonds. The second kappa shape index (κ2) is 5.03. The highest BCUT2D eigenvalue weighted by molar-refractivity contribution is 4.98. The minimum absolute atomic E-state index is 0.223. The van der Waals surface area contributed by atoms with E-state index in [2.05, 4.69) is 18.7 Å². The van der Waals surface area contributed by atoms with Crippen molar-refractivity contribution < 1.29 is 4.74 Å². The Balaban J connectivity index is 2.12. The number of likely N-dealkylation sites (tertiary alicyclic amines) is 1. The lowest BCUT2D eigenvalue weighted by Gasteiger charge is -2.43. The zero-order chi connectivity index (χ0) is 11.6. The number of hydrogen-bond acceptors (Lipinski definition) is 3. The predicted molar refractivity (Wildman–Crippen MR) is 66.4 cm³/mol. The van der Waals surface area contributed by atoms with E-state index in [-0.39, 0.29) is 5.54 Å². The number of nitrogens with zero attached hydrogens (tertiary/aromatic N) is 1. The largest absolute Gasteiger partial charge is 0.381 e. The topological polar surface area (TPSA) is 38.5 Å². The van der Waals surface area contributed by atoms with Gasteiger partial charge in [0.1, 0.15) is 0 Å². The van der Waals surface area contributed by atoms with Crippen molar-refractivity contribution in [3.05, 3.63) is 0 Å². The van der Waals surface area contributed by atoms with Gasteiger partial charge in [0.15, 0.2) is 0 Å². The summed E-state index contributed by atoms with van der Waals surface area (Å²) in [5.41, 5.74) is 6.32. The van der Waals surface area contributed by atoms with Gasteiger partial charge in [-0.1, -0.05) is 6.92 Å². The molecule has 3 heteroatoms. The van der Waals surface area contributed by atoms with Gasteiger partial charge in [0, 0.05) is 37.9 Å². The third-order valence-corrected chi connectivity index (χ3v) is 4.42. The molecular formula is C13H26N2O. The normalized spacial score (nSPS) is 42.2. The molecule has 3 atom stereocenters. The van der Waals surface area contributed by atoms with E-state index < -0.39 is 0 Å². The fourth-order valence-corrected chi connectivity index (χ4v) is 3.56. The number of nitrogens with two attached hydrogens (primary N) is 1. The third kappa shape index (κ3) is 2.27. The molecule has 0 aromatic rings.